The van der Waals surface area contributed by atoms with Gasteiger partial charge in [-0.05, 0) is 38.7 Å². The number of carbonyl (C=O) groups is 1. The Morgan fingerprint density at radius 1 is 1.08 bits per heavy atom. The van der Waals surface area contributed by atoms with Crippen LogP contribution in [0.15, 0.2) is 59.0 Å². The van der Waals surface area contributed by atoms with Gasteiger partial charge in [-0.3, -0.25) is 4.79 Å². The summed E-state index contributed by atoms with van der Waals surface area (Å²) in [6.45, 7) is 3.52. The first-order valence-electron chi connectivity index (χ1n) is 9.04. The fourth-order valence-corrected chi connectivity index (χ4v) is 3.86. The van der Waals surface area contributed by atoms with Crippen LogP contribution in [-0.4, -0.2) is 48.9 Å². The molecule has 0 aliphatic carbocycles. The molecule has 1 aliphatic rings. The number of likely N-dealkylation sites (tertiary alicyclic amines) is 1. The molecule has 2 atom stereocenters. The molecule has 1 saturated heterocycles. The third kappa shape index (κ3) is 3.01. The average molecular weight is 348 g/mol. The van der Waals surface area contributed by atoms with Gasteiger partial charge in [0.25, 0.3) is 5.91 Å². The lowest BCUT2D eigenvalue weighted by molar-refractivity contribution is 0.0753. The SMILES string of the molecule is Cc1ccc(C2CN(C(=O)c3cc4ccccc4o3)CC2N(C)C)cc1. The topological polar surface area (TPSA) is 36.7 Å². The first kappa shape index (κ1) is 16.9. The quantitative estimate of drug-likeness (QED) is 0.720. The molecule has 1 fully saturated rings. The number of benzene rings is 2. The van der Waals surface area contributed by atoms with Gasteiger partial charge >= 0.3 is 0 Å². The van der Waals surface area contributed by atoms with E-state index in [4.69, 9.17) is 4.42 Å². The van der Waals surface area contributed by atoms with E-state index in [2.05, 4.69) is 50.2 Å². The van der Waals surface area contributed by atoms with Crippen LogP contribution in [0.5, 0.6) is 0 Å². The van der Waals surface area contributed by atoms with Crippen molar-refractivity contribution in [2.45, 2.75) is 18.9 Å². The Balaban J connectivity index is 1.60. The molecule has 4 heteroatoms. The lowest BCUT2D eigenvalue weighted by Gasteiger charge is -2.25. The number of nitrogens with zero attached hydrogens (tertiary/aromatic N) is 2. The van der Waals surface area contributed by atoms with Gasteiger partial charge in [-0.1, -0.05) is 48.0 Å². The molecule has 1 amide bonds. The number of rotatable bonds is 3. The van der Waals surface area contributed by atoms with Crippen molar-refractivity contribution in [2.24, 2.45) is 0 Å². The summed E-state index contributed by atoms with van der Waals surface area (Å²) in [7, 11) is 4.17. The standard InChI is InChI=1S/C22H24N2O2/c1-15-8-10-16(11-9-15)18-13-24(14-19(18)23(2)3)22(25)21-12-17-6-4-5-7-20(17)26-21/h4-12,18-19H,13-14H2,1-3H3. The van der Waals surface area contributed by atoms with E-state index in [1.54, 1.807) is 0 Å². The third-order valence-corrected chi connectivity index (χ3v) is 5.38. The average Bonchev–Trinajstić information content (AvgIpc) is 3.26. The van der Waals surface area contributed by atoms with Crippen molar-refractivity contribution in [3.8, 4) is 0 Å². The molecule has 4 rings (SSSR count). The molecule has 3 aromatic rings. The predicted octanol–water partition coefficient (Wildman–Crippen LogP) is 3.91. The summed E-state index contributed by atoms with van der Waals surface area (Å²) in [6.07, 6.45) is 0. The molecule has 1 aromatic heterocycles. The zero-order valence-electron chi connectivity index (χ0n) is 15.5. The Kier molecular flexibility index (Phi) is 4.29. The summed E-state index contributed by atoms with van der Waals surface area (Å²) < 4.78 is 5.79. The Morgan fingerprint density at radius 3 is 2.50 bits per heavy atom. The number of hydrogen-bond acceptors (Lipinski definition) is 3. The molecule has 0 bridgehead atoms. The lowest BCUT2D eigenvalue weighted by atomic mass is 9.93. The Morgan fingerprint density at radius 2 is 1.81 bits per heavy atom. The van der Waals surface area contributed by atoms with E-state index in [9.17, 15) is 4.79 Å². The van der Waals surface area contributed by atoms with Gasteiger partial charge < -0.3 is 14.2 Å². The summed E-state index contributed by atoms with van der Waals surface area (Å²) in [4.78, 5) is 17.2. The maximum atomic E-state index is 13.0. The van der Waals surface area contributed by atoms with Crippen LogP contribution in [0.4, 0.5) is 0 Å². The van der Waals surface area contributed by atoms with Crippen LogP contribution in [0, 0.1) is 6.92 Å². The minimum absolute atomic E-state index is 0.0253. The fraction of sp³-hybridized carbons (Fsp3) is 0.318. The first-order chi connectivity index (χ1) is 12.5. The summed E-state index contributed by atoms with van der Waals surface area (Å²) in [5.74, 6) is 0.704. The van der Waals surface area contributed by atoms with Crippen molar-refractivity contribution in [1.82, 2.24) is 9.80 Å². The largest absolute Gasteiger partial charge is 0.451 e. The number of likely N-dealkylation sites (N-methyl/N-ethyl adjacent to an activating group) is 1. The van der Waals surface area contributed by atoms with Gasteiger partial charge in [0, 0.05) is 30.4 Å². The fourth-order valence-electron chi connectivity index (χ4n) is 3.86. The van der Waals surface area contributed by atoms with E-state index < -0.39 is 0 Å². The molecular formula is C22H24N2O2. The molecule has 0 radical (unpaired) electrons. The number of aryl methyl sites for hydroxylation is 1. The second kappa shape index (κ2) is 6.61. The van der Waals surface area contributed by atoms with Crippen LogP contribution in [0.2, 0.25) is 0 Å². The molecule has 2 aromatic carbocycles. The van der Waals surface area contributed by atoms with Gasteiger partial charge in [0.2, 0.25) is 0 Å². The van der Waals surface area contributed by atoms with Crippen LogP contribution < -0.4 is 0 Å². The van der Waals surface area contributed by atoms with Crippen LogP contribution >= 0.6 is 0 Å². The molecule has 134 valence electrons. The Labute approximate surface area is 154 Å². The maximum absolute atomic E-state index is 13.0. The highest BCUT2D eigenvalue weighted by Crippen LogP contribution is 2.32. The van der Waals surface area contributed by atoms with E-state index in [1.807, 2.05) is 35.2 Å². The number of amides is 1. The van der Waals surface area contributed by atoms with Gasteiger partial charge in [-0.2, -0.15) is 0 Å². The van der Waals surface area contributed by atoms with Crippen LogP contribution in [-0.2, 0) is 0 Å². The van der Waals surface area contributed by atoms with Crippen molar-refractivity contribution < 1.29 is 9.21 Å². The number of fused-ring (bicyclic) bond motifs is 1. The minimum Gasteiger partial charge on any atom is -0.451 e. The van der Waals surface area contributed by atoms with Crippen molar-refractivity contribution in [3.63, 3.8) is 0 Å². The minimum atomic E-state index is -0.0253. The highest BCUT2D eigenvalue weighted by atomic mass is 16.3. The van der Waals surface area contributed by atoms with Crippen LogP contribution in [0.1, 0.15) is 27.6 Å². The summed E-state index contributed by atoms with van der Waals surface area (Å²) in [5, 5.41) is 0.967. The van der Waals surface area contributed by atoms with E-state index in [0.717, 1.165) is 11.0 Å². The second-order valence-corrected chi connectivity index (χ2v) is 7.41. The van der Waals surface area contributed by atoms with E-state index >= 15 is 0 Å². The zero-order valence-corrected chi connectivity index (χ0v) is 15.5. The molecule has 0 saturated carbocycles. The highest BCUT2D eigenvalue weighted by molar-refractivity contribution is 5.96. The first-order valence-corrected chi connectivity index (χ1v) is 9.04. The number of hydrogen-bond donors (Lipinski definition) is 0. The van der Waals surface area contributed by atoms with E-state index in [1.165, 1.54) is 11.1 Å². The molecule has 26 heavy (non-hydrogen) atoms. The molecule has 2 unspecified atom stereocenters. The monoisotopic (exact) mass is 348 g/mol. The van der Waals surface area contributed by atoms with Crippen LogP contribution in [0.25, 0.3) is 11.0 Å². The van der Waals surface area contributed by atoms with E-state index in [-0.39, 0.29) is 5.91 Å². The smallest absolute Gasteiger partial charge is 0.289 e. The summed E-state index contributed by atoms with van der Waals surface area (Å²) in [6, 6.07) is 18.6. The van der Waals surface area contributed by atoms with Crippen molar-refractivity contribution in [2.75, 3.05) is 27.2 Å². The molecule has 2 heterocycles. The maximum Gasteiger partial charge on any atom is 0.289 e. The molecular weight excluding hydrogens is 324 g/mol. The lowest BCUT2D eigenvalue weighted by Crippen LogP contribution is -2.35. The van der Waals surface area contributed by atoms with Gasteiger partial charge in [0.15, 0.2) is 5.76 Å². The Hall–Kier alpha value is -2.59. The van der Waals surface area contributed by atoms with Gasteiger partial charge in [0.1, 0.15) is 5.58 Å². The zero-order chi connectivity index (χ0) is 18.3. The normalized spacial score (nSPS) is 20.2. The molecule has 0 spiro atoms. The predicted molar refractivity (Wildman–Crippen MR) is 104 cm³/mol. The van der Waals surface area contributed by atoms with Gasteiger partial charge in [-0.15, -0.1) is 0 Å². The number of carbonyl (C=O) groups excluding carboxylic acids is 1. The molecule has 0 N–H and O–H groups in total. The third-order valence-electron chi connectivity index (χ3n) is 5.38. The molecule has 1 aliphatic heterocycles. The summed E-state index contributed by atoms with van der Waals surface area (Å²) in [5.41, 5.74) is 3.30. The molecule has 4 nitrogen and oxygen atoms in total. The second-order valence-electron chi connectivity index (χ2n) is 7.41. The number of para-hydroxylation sites is 1. The van der Waals surface area contributed by atoms with Crippen LogP contribution in [0.3, 0.4) is 0 Å². The Bertz CT molecular complexity index is 894. The highest BCUT2D eigenvalue weighted by Gasteiger charge is 2.38. The number of furan rings is 1. The van der Waals surface area contributed by atoms with Crippen molar-refractivity contribution >= 4 is 16.9 Å². The van der Waals surface area contributed by atoms with Gasteiger partial charge in [0.05, 0.1) is 0 Å². The van der Waals surface area contributed by atoms with Gasteiger partial charge in [-0.25, -0.2) is 0 Å². The van der Waals surface area contributed by atoms with E-state index in [0.29, 0.717) is 30.8 Å². The van der Waals surface area contributed by atoms with Crippen molar-refractivity contribution in [1.29, 1.82) is 0 Å². The summed E-state index contributed by atoms with van der Waals surface area (Å²) >= 11 is 0. The van der Waals surface area contributed by atoms with Crippen molar-refractivity contribution in [3.05, 3.63) is 71.5 Å².